The maximum atomic E-state index is 12.7. The molecule has 12 heterocycles. The second kappa shape index (κ2) is 38.2. The molecule has 4 aliphatic rings. The Kier molecular flexibility index (Phi) is 27.1. The van der Waals surface area contributed by atoms with E-state index in [0.29, 0.717) is 118 Å². The number of hydrogen-bond acceptors (Lipinski definition) is 32. The van der Waals surface area contributed by atoms with Crippen molar-refractivity contribution in [3.05, 3.63) is 169 Å². The number of ketones is 3. The van der Waals surface area contributed by atoms with Crippen LogP contribution in [0.3, 0.4) is 0 Å². The van der Waals surface area contributed by atoms with Crippen LogP contribution in [0.15, 0.2) is 119 Å². The maximum Gasteiger partial charge on any atom is 0.410 e. The van der Waals surface area contributed by atoms with E-state index in [0.717, 1.165) is 108 Å². The molecule has 0 aliphatic carbocycles. The van der Waals surface area contributed by atoms with Gasteiger partial charge in [0, 0.05) is 156 Å². The molecule has 616 valence electrons. The fourth-order valence-corrected chi connectivity index (χ4v) is 16.0. The molecule has 5 aromatic carbocycles. The number of nitrogens with zero attached hydrogens (tertiary/aromatic N) is 19. The highest BCUT2D eigenvalue weighted by Crippen LogP contribution is 2.29. The SMILES string of the molecule is CC(C)(C)OC(=O)N1CCN(c2nc(C(=O)Cc3ccc4n[nH]nc4c3)cs2)CC1.CC(C)(C)OC(=O)N1CCN(c2nc(C(=O)O)cs2)CC1.Nc1ccc2n[nH]nc2c1.O=C(Cc1ccc2n[nH]nc2c1)c1csc(N2CCN(C(=O)OCc3ccc(Cl)cc3)CC2)n1.O=C(Cc1ccc2n[nH]nc2c1)c1csc(N2CCNCC2)n1. The van der Waals surface area contributed by atoms with Crippen molar-refractivity contribution in [1.82, 2.24) is 102 Å². The molecule has 0 bridgehead atoms. The summed E-state index contributed by atoms with van der Waals surface area (Å²) in [6, 6.07) is 29.4. The number of carbonyl (C=O) groups is 7. The van der Waals surface area contributed by atoms with Gasteiger partial charge in [-0.25, -0.2) is 39.1 Å². The highest BCUT2D eigenvalue weighted by Gasteiger charge is 2.31. The number of carboxylic acid groups (broad SMARTS) is 1. The van der Waals surface area contributed by atoms with Gasteiger partial charge in [0.2, 0.25) is 0 Å². The van der Waals surface area contributed by atoms with Gasteiger partial charge in [-0.05, 0) is 131 Å². The summed E-state index contributed by atoms with van der Waals surface area (Å²) in [5.41, 5.74) is 16.5. The van der Waals surface area contributed by atoms with E-state index in [1.165, 1.54) is 50.7 Å². The minimum absolute atomic E-state index is 0.0329. The van der Waals surface area contributed by atoms with Crippen LogP contribution in [0.25, 0.3) is 44.1 Å². The Morgan fingerprint density at radius 2 is 0.703 bits per heavy atom. The maximum absolute atomic E-state index is 12.7. The number of piperazine rings is 4. The number of nitrogens with one attached hydrogen (secondary N) is 5. The molecular weight excluding hydrogens is 1610 g/mol. The Bertz CT molecular complexity index is 5620. The molecule has 0 unspecified atom stereocenters. The lowest BCUT2D eigenvalue weighted by Gasteiger charge is -2.35. The number of carbonyl (C=O) groups excluding carboxylic acids is 6. The van der Waals surface area contributed by atoms with Crippen LogP contribution >= 0.6 is 56.9 Å². The Morgan fingerprint density at radius 3 is 1.05 bits per heavy atom. The van der Waals surface area contributed by atoms with Crippen LogP contribution in [-0.4, -0.2) is 259 Å². The predicted octanol–water partition coefficient (Wildman–Crippen LogP) is 10.5. The molecule has 17 rings (SSSR count). The minimum Gasteiger partial charge on any atom is -0.476 e. The number of amides is 3. The standard InChI is InChI=1S/C23H21ClN6O3S.C20H24N6O3S.C15H16N6OS.C13H19N3O4S.C6H6N4/c24-17-4-1-15(2-5-17)13-33-23(32)30-9-7-29(8-10-30)22-25-20(14-34-22)21(31)12-16-3-6-18-19(11-16)27-28-26-18;1-20(2,3)29-19(28)26-8-6-25(7-9-26)18-21-16(12-30-18)17(27)11-13-4-5-14-15(10-13)23-24-22-14;22-14(8-10-1-2-11-12(7-10)19-20-18-11)13-9-23-15(17-13)21-5-3-16-4-6-21;1-13(2,3)20-12(19)16-6-4-15(5-7-16)11-14-9(8-21-11)10(17)18;7-4-1-2-5-6(3-4)9-10-8-5/h1-6,11,14H,7-10,12-13H2,(H,26,27,28);4-5,10,12H,6-9,11H2,1-3H3,(H,22,23,24);1-2,7,9,16H,3-6,8H2,(H,18,19,20);8H,4-7H2,1-3H3,(H,17,18);1-3H,7H2,(H,8,9,10). The zero-order chi connectivity index (χ0) is 83.0. The van der Waals surface area contributed by atoms with Crippen molar-refractivity contribution >= 4 is 169 Å². The molecule has 13 aromatic rings. The number of H-pyrrole nitrogens is 4. The summed E-state index contributed by atoms with van der Waals surface area (Å²) in [6.07, 6.45) is -0.104. The summed E-state index contributed by atoms with van der Waals surface area (Å²) in [6.45, 7) is 22.1. The molecule has 8 aromatic heterocycles. The molecule has 4 saturated heterocycles. The van der Waals surface area contributed by atoms with E-state index in [4.69, 9.17) is 36.7 Å². The number of hydrogen-bond donors (Lipinski definition) is 7. The number of nitrogen functional groups attached to an aromatic ring is 1. The highest BCUT2D eigenvalue weighted by molar-refractivity contribution is 7.14. The van der Waals surface area contributed by atoms with Crippen molar-refractivity contribution in [3.8, 4) is 0 Å². The monoisotopic (exact) mass is 1700 g/mol. The van der Waals surface area contributed by atoms with Gasteiger partial charge in [-0.2, -0.15) is 61.6 Å². The Morgan fingerprint density at radius 1 is 0.398 bits per heavy atom. The van der Waals surface area contributed by atoms with Crippen molar-refractivity contribution in [2.45, 2.75) is 78.6 Å². The largest absolute Gasteiger partial charge is 0.476 e. The number of benzene rings is 5. The van der Waals surface area contributed by atoms with Gasteiger partial charge in [-0.3, -0.25) is 14.4 Å². The van der Waals surface area contributed by atoms with E-state index in [9.17, 15) is 33.6 Å². The van der Waals surface area contributed by atoms with E-state index >= 15 is 0 Å². The number of ether oxygens (including phenoxy) is 3. The summed E-state index contributed by atoms with van der Waals surface area (Å²) in [5.74, 6) is -1.07. The Balaban J connectivity index is 0.000000133. The molecule has 0 spiro atoms. The topological polar surface area (TPSA) is 446 Å². The van der Waals surface area contributed by atoms with Crippen molar-refractivity contribution in [3.63, 3.8) is 0 Å². The van der Waals surface area contributed by atoms with Gasteiger partial charge in [0.1, 0.15) is 79.0 Å². The van der Waals surface area contributed by atoms with E-state index in [1.807, 2.05) is 125 Å². The first-order chi connectivity index (χ1) is 56.7. The highest BCUT2D eigenvalue weighted by atomic mass is 35.5. The van der Waals surface area contributed by atoms with E-state index < -0.39 is 17.2 Å². The molecular formula is C77H86ClN25O11S4. The van der Waals surface area contributed by atoms with Crippen molar-refractivity contribution < 1.29 is 52.9 Å². The molecule has 0 atom stereocenters. The number of halogens is 1. The van der Waals surface area contributed by atoms with Crippen LogP contribution in [0.4, 0.5) is 40.6 Å². The van der Waals surface area contributed by atoms with Crippen LogP contribution in [-0.2, 0) is 40.1 Å². The number of aromatic nitrogens is 16. The molecule has 36 nitrogen and oxygen atoms in total. The lowest BCUT2D eigenvalue weighted by atomic mass is 10.1. The summed E-state index contributed by atoms with van der Waals surface area (Å²) in [5, 5.41) is 65.2. The lowest BCUT2D eigenvalue weighted by molar-refractivity contribution is 0.0230. The fraction of sp³-hybridized carbons (Fsp3) is 0.364. The van der Waals surface area contributed by atoms with Gasteiger partial charge < -0.3 is 64.7 Å². The number of thiazole rings is 4. The third-order valence-corrected chi connectivity index (χ3v) is 22.4. The summed E-state index contributed by atoms with van der Waals surface area (Å²) in [4.78, 5) is 116. The smallest absolute Gasteiger partial charge is 0.410 e. The third-order valence-electron chi connectivity index (χ3n) is 18.5. The van der Waals surface area contributed by atoms with Crippen molar-refractivity contribution in [1.29, 1.82) is 0 Å². The van der Waals surface area contributed by atoms with Gasteiger partial charge in [0.25, 0.3) is 0 Å². The van der Waals surface area contributed by atoms with Crippen LogP contribution in [0.2, 0.25) is 5.02 Å². The first-order valence-corrected chi connectivity index (χ1v) is 41.6. The van der Waals surface area contributed by atoms with Crippen molar-refractivity contribution in [2.75, 3.05) is 130 Å². The zero-order valence-corrected chi connectivity index (χ0v) is 69.3. The average Bonchev–Trinajstić information content (AvgIpc) is 1.77. The van der Waals surface area contributed by atoms with Crippen LogP contribution in [0.5, 0.6) is 0 Å². The fourth-order valence-electron chi connectivity index (χ4n) is 12.4. The molecule has 118 heavy (non-hydrogen) atoms. The molecule has 4 aliphatic heterocycles. The number of aromatic carboxylic acids is 1. The first-order valence-electron chi connectivity index (χ1n) is 37.7. The minimum atomic E-state index is -1.02. The quantitative estimate of drug-likeness (QED) is 0.0268. The van der Waals surface area contributed by atoms with Gasteiger partial charge in [-0.1, -0.05) is 41.9 Å². The predicted molar refractivity (Wildman–Crippen MR) is 450 cm³/mol. The lowest BCUT2D eigenvalue weighted by Crippen LogP contribution is -2.50. The number of anilines is 5. The van der Waals surface area contributed by atoms with E-state index in [1.54, 1.807) is 49.7 Å². The number of nitrogens with two attached hydrogens (primary N) is 1. The van der Waals surface area contributed by atoms with E-state index in [-0.39, 0.29) is 60.8 Å². The summed E-state index contributed by atoms with van der Waals surface area (Å²) >= 11 is 11.6. The average molecular weight is 1700 g/mol. The number of Topliss-reactive ketones (excluding diaryl/α,β-unsaturated/α-hetero) is 3. The summed E-state index contributed by atoms with van der Waals surface area (Å²) in [7, 11) is 0. The summed E-state index contributed by atoms with van der Waals surface area (Å²) < 4.78 is 16.2. The van der Waals surface area contributed by atoms with Crippen molar-refractivity contribution in [2.24, 2.45) is 0 Å². The molecule has 41 heteroatoms. The van der Waals surface area contributed by atoms with Crippen LogP contribution in [0, 0.1) is 0 Å². The molecule has 0 radical (unpaired) electrons. The number of rotatable bonds is 16. The molecule has 0 saturated carbocycles. The van der Waals surface area contributed by atoms with Crippen LogP contribution < -0.4 is 30.7 Å². The van der Waals surface area contributed by atoms with Crippen LogP contribution in [0.1, 0.15) is 106 Å². The van der Waals surface area contributed by atoms with Gasteiger partial charge in [0.15, 0.2) is 43.6 Å². The Hall–Kier alpha value is -12.2. The number of carboxylic acids is 1. The second-order valence-electron chi connectivity index (χ2n) is 29.5. The molecule has 3 amide bonds. The van der Waals surface area contributed by atoms with Gasteiger partial charge in [0.05, 0.1) is 0 Å². The van der Waals surface area contributed by atoms with Gasteiger partial charge in [-0.15, -0.1) is 45.3 Å². The zero-order valence-electron chi connectivity index (χ0n) is 65.3. The third kappa shape index (κ3) is 22.9. The van der Waals surface area contributed by atoms with Gasteiger partial charge >= 0.3 is 24.2 Å². The number of fused-ring (bicyclic) bond motifs is 4. The molecule has 8 N–H and O–H groups in total. The first kappa shape index (κ1) is 83.7. The normalized spacial score (nSPS) is 14.5. The number of aromatic amines is 4. The van der Waals surface area contributed by atoms with E-state index in [2.05, 4.69) is 102 Å². The molecule has 4 fully saturated rings. The Labute approximate surface area is 696 Å². The second-order valence-corrected chi connectivity index (χ2v) is 33.3.